The standard InChI is InChI=1S/C10H17N3OS/c1-7(2)12-9(14)4-3-8-6-15-10(5-11)13-8/h6-7H,3-5,11H2,1-2H3,(H,12,14). The number of amides is 1. The van der Waals surface area contributed by atoms with Crippen molar-refractivity contribution in [2.45, 2.75) is 39.3 Å². The Balaban J connectivity index is 2.33. The minimum atomic E-state index is 0.0762. The maximum Gasteiger partial charge on any atom is 0.220 e. The highest BCUT2D eigenvalue weighted by atomic mass is 32.1. The molecule has 0 saturated heterocycles. The van der Waals surface area contributed by atoms with Gasteiger partial charge in [-0.15, -0.1) is 11.3 Å². The summed E-state index contributed by atoms with van der Waals surface area (Å²) < 4.78 is 0. The highest BCUT2D eigenvalue weighted by molar-refractivity contribution is 7.09. The van der Waals surface area contributed by atoms with Crippen molar-refractivity contribution >= 4 is 17.2 Å². The highest BCUT2D eigenvalue weighted by Crippen LogP contribution is 2.10. The third-order valence-electron chi connectivity index (χ3n) is 1.83. The van der Waals surface area contributed by atoms with Crippen LogP contribution in [0.15, 0.2) is 5.38 Å². The monoisotopic (exact) mass is 227 g/mol. The zero-order valence-corrected chi connectivity index (χ0v) is 9.93. The van der Waals surface area contributed by atoms with Gasteiger partial charge < -0.3 is 11.1 Å². The summed E-state index contributed by atoms with van der Waals surface area (Å²) in [7, 11) is 0. The number of aromatic nitrogens is 1. The molecule has 0 unspecified atom stereocenters. The van der Waals surface area contributed by atoms with Crippen LogP contribution >= 0.6 is 11.3 Å². The number of aryl methyl sites for hydroxylation is 1. The lowest BCUT2D eigenvalue weighted by Gasteiger charge is -2.06. The Kier molecular flexibility index (Phi) is 4.71. The first-order chi connectivity index (χ1) is 7.11. The van der Waals surface area contributed by atoms with E-state index in [1.165, 1.54) is 0 Å². The molecule has 0 fully saturated rings. The summed E-state index contributed by atoms with van der Waals surface area (Å²) in [6.07, 6.45) is 1.18. The van der Waals surface area contributed by atoms with Gasteiger partial charge >= 0.3 is 0 Å². The molecular weight excluding hydrogens is 210 g/mol. The molecule has 0 aliphatic rings. The fourth-order valence-electron chi connectivity index (χ4n) is 1.19. The van der Waals surface area contributed by atoms with Crippen LogP contribution in [0.25, 0.3) is 0 Å². The topological polar surface area (TPSA) is 68.0 Å². The SMILES string of the molecule is CC(C)NC(=O)CCc1csc(CN)n1. The van der Waals surface area contributed by atoms with E-state index < -0.39 is 0 Å². The lowest BCUT2D eigenvalue weighted by atomic mass is 10.2. The molecule has 15 heavy (non-hydrogen) atoms. The van der Waals surface area contributed by atoms with E-state index in [0.717, 1.165) is 10.7 Å². The van der Waals surface area contributed by atoms with Gasteiger partial charge in [-0.25, -0.2) is 4.98 Å². The largest absolute Gasteiger partial charge is 0.354 e. The Morgan fingerprint density at radius 3 is 2.93 bits per heavy atom. The second kappa shape index (κ2) is 5.82. The van der Waals surface area contributed by atoms with Crippen molar-refractivity contribution in [3.63, 3.8) is 0 Å². The zero-order valence-electron chi connectivity index (χ0n) is 9.12. The maximum atomic E-state index is 11.3. The number of rotatable bonds is 5. The molecule has 0 atom stereocenters. The normalized spacial score (nSPS) is 10.7. The molecule has 4 nitrogen and oxygen atoms in total. The second-order valence-electron chi connectivity index (χ2n) is 3.66. The number of carbonyl (C=O) groups is 1. The minimum Gasteiger partial charge on any atom is -0.354 e. The van der Waals surface area contributed by atoms with Gasteiger partial charge in [0.2, 0.25) is 5.91 Å². The first-order valence-electron chi connectivity index (χ1n) is 5.04. The van der Waals surface area contributed by atoms with Crippen molar-refractivity contribution in [3.05, 3.63) is 16.1 Å². The summed E-state index contributed by atoms with van der Waals surface area (Å²) >= 11 is 1.55. The van der Waals surface area contributed by atoms with Gasteiger partial charge in [0.15, 0.2) is 0 Å². The van der Waals surface area contributed by atoms with Crippen molar-refractivity contribution in [1.82, 2.24) is 10.3 Å². The number of nitrogens with zero attached hydrogens (tertiary/aromatic N) is 1. The molecule has 3 N–H and O–H groups in total. The summed E-state index contributed by atoms with van der Waals surface area (Å²) in [4.78, 5) is 15.6. The number of carbonyl (C=O) groups excluding carboxylic acids is 1. The van der Waals surface area contributed by atoms with Crippen molar-refractivity contribution in [2.75, 3.05) is 0 Å². The van der Waals surface area contributed by atoms with Crippen LogP contribution in [0.1, 0.15) is 31.0 Å². The van der Waals surface area contributed by atoms with Gasteiger partial charge in [0.05, 0.1) is 5.69 Å². The van der Waals surface area contributed by atoms with Crippen LogP contribution < -0.4 is 11.1 Å². The Hall–Kier alpha value is -0.940. The van der Waals surface area contributed by atoms with Crippen LogP contribution in [0.2, 0.25) is 0 Å². The summed E-state index contributed by atoms with van der Waals surface area (Å²) in [5, 5.41) is 5.73. The Morgan fingerprint density at radius 2 is 2.40 bits per heavy atom. The molecule has 0 aromatic carbocycles. The molecule has 0 radical (unpaired) electrons. The van der Waals surface area contributed by atoms with Crippen LogP contribution in [0.5, 0.6) is 0 Å². The Morgan fingerprint density at radius 1 is 1.67 bits per heavy atom. The second-order valence-corrected chi connectivity index (χ2v) is 4.60. The third kappa shape index (κ3) is 4.40. The molecule has 0 aliphatic heterocycles. The predicted octanol–water partition coefficient (Wildman–Crippen LogP) is 1.06. The number of nitrogens with one attached hydrogen (secondary N) is 1. The third-order valence-corrected chi connectivity index (χ3v) is 2.75. The van der Waals surface area contributed by atoms with Crippen molar-refractivity contribution in [2.24, 2.45) is 5.73 Å². The lowest BCUT2D eigenvalue weighted by molar-refractivity contribution is -0.121. The molecule has 5 heteroatoms. The van der Waals surface area contributed by atoms with E-state index in [-0.39, 0.29) is 11.9 Å². The van der Waals surface area contributed by atoms with Gasteiger partial charge in [0.1, 0.15) is 5.01 Å². The lowest BCUT2D eigenvalue weighted by Crippen LogP contribution is -2.30. The predicted molar refractivity (Wildman–Crippen MR) is 61.6 cm³/mol. The summed E-state index contributed by atoms with van der Waals surface area (Å²) in [5.41, 5.74) is 6.41. The molecule has 1 aromatic heterocycles. The van der Waals surface area contributed by atoms with Crippen LogP contribution in [0.3, 0.4) is 0 Å². The molecule has 84 valence electrons. The van der Waals surface area contributed by atoms with Gasteiger partial charge in [0.25, 0.3) is 0 Å². The smallest absolute Gasteiger partial charge is 0.220 e. The molecule has 1 amide bonds. The zero-order chi connectivity index (χ0) is 11.3. The summed E-state index contributed by atoms with van der Waals surface area (Å²) in [6, 6.07) is 0.201. The molecule has 0 bridgehead atoms. The van der Waals surface area contributed by atoms with E-state index in [2.05, 4.69) is 10.3 Å². The molecule has 1 aromatic rings. The van der Waals surface area contributed by atoms with Crippen LogP contribution in [-0.2, 0) is 17.8 Å². The Bertz CT molecular complexity index is 322. The first-order valence-corrected chi connectivity index (χ1v) is 5.92. The average molecular weight is 227 g/mol. The molecule has 1 heterocycles. The van der Waals surface area contributed by atoms with Gasteiger partial charge in [-0.05, 0) is 20.3 Å². The molecule has 0 aliphatic carbocycles. The fraction of sp³-hybridized carbons (Fsp3) is 0.600. The van der Waals surface area contributed by atoms with E-state index >= 15 is 0 Å². The summed E-state index contributed by atoms with van der Waals surface area (Å²) in [5.74, 6) is 0.0762. The van der Waals surface area contributed by atoms with E-state index in [0.29, 0.717) is 19.4 Å². The number of hydrogen-bond donors (Lipinski definition) is 2. The number of nitrogens with two attached hydrogens (primary N) is 1. The molecule has 0 spiro atoms. The van der Waals surface area contributed by atoms with E-state index in [9.17, 15) is 4.79 Å². The first kappa shape index (κ1) is 12.1. The van der Waals surface area contributed by atoms with Gasteiger partial charge in [-0.2, -0.15) is 0 Å². The van der Waals surface area contributed by atoms with Crippen LogP contribution in [0, 0.1) is 0 Å². The number of hydrogen-bond acceptors (Lipinski definition) is 4. The van der Waals surface area contributed by atoms with Crippen molar-refractivity contribution in [1.29, 1.82) is 0 Å². The quantitative estimate of drug-likeness (QED) is 0.790. The van der Waals surface area contributed by atoms with E-state index in [4.69, 9.17) is 5.73 Å². The molecular formula is C10H17N3OS. The summed E-state index contributed by atoms with van der Waals surface area (Å²) in [6.45, 7) is 4.38. The minimum absolute atomic E-state index is 0.0762. The maximum absolute atomic E-state index is 11.3. The van der Waals surface area contributed by atoms with Crippen molar-refractivity contribution < 1.29 is 4.79 Å². The van der Waals surface area contributed by atoms with Crippen LogP contribution in [0.4, 0.5) is 0 Å². The molecule has 1 rings (SSSR count). The average Bonchev–Trinajstić information content (AvgIpc) is 2.61. The van der Waals surface area contributed by atoms with Gasteiger partial charge in [0, 0.05) is 24.4 Å². The van der Waals surface area contributed by atoms with Gasteiger partial charge in [-0.1, -0.05) is 0 Å². The highest BCUT2D eigenvalue weighted by Gasteiger charge is 2.06. The Labute approximate surface area is 93.9 Å². The van der Waals surface area contributed by atoms with Crippen molar-refractivity contribution in [3.8, 4) is 0 Å². The molecule has 0 saturated carbocycles. The van der Waals surface area contributed by atoms with Gasteiger partial charge in [-0.3, -0.25) is 4.79 Å². The van der Waals surface area contributed by atoms with Crippen LogP contribution in [-0.4, -0.2) is 16.9 Å². The van der Waals surface area contributed by atoms with E-state index in [1.807, 2.05) is 19.2 Å². The van der Waals surface area contributed by atoms with E-state index in [1.54, 1.807) is 11.3 Å². The fourth-order valence-corrected chi connectivity index (χ4v) is 1.90. The number of thiazole rings is 1.